The number of benzene rings is 1. The molecule has 1 heterocycles. The van der Waals surface area contributed by atoms with E-state index >= 15 is 0 Å². The van der Waals surface area contributed by atoms with Crippen molar-refractivity contribution in [1.29, 1.82) is 5.26 Å². The highest BCUT2D eigenvalue weighted by molar-refractivity contribution is 5.92. The second-order valence-corrected chi connectivity index (χ2v) is 7.62. The van der Waals surface area contributed by atoms with E-state index in [9.17, 15) is 14.9 Å². The smallest absolute Gasteiger partial charge is 0.338 e. The number of rotatable bonds is 8. The molecule has 0 aliphatic rings. The molecule has 1 N–H and O–H groups in total. The second kappa shape index (κ2) is 9.44. The van der Waals surface area contributed by atoms with Crippen molar-refractivity contribution in [1.82, 2.24) is 10.5 Å². The van der Waals surface area contributed by atoms with E-state index in [-0.39, 0.29) is 11.5 Å². The van der Waals surface area contributed by atoms with Crippen molar-refractivity contribution < 1.29 is 23.6 Å². The van der Waals surface area contributed by atoms with Crippen molar-refractivity contribution in [3.8, 4) is 11.8 Å². The van der Waals surface area contributed by atoms with E-state index in [0.717, 1.165) is 11.3 Å². The predicted octanol–water partition coefficient (Wildman–Crippen LogP) is 3.47. The van der Waals surface area contributed by atoms with Gasteiger partial charge in [-0.25, -0.2) is 4.79 Å². The van der Waals surface area contributed by atoms with Crippen LogP contribution in [0.25, 0.3) is 0 Å². The summed E-state index contributed by atoms with van der Waals surface area (Å²) in [5, 5.41) is 15.8. The largest absolute Gasteiger partial charge is 0.489 e. The first-order valence-corrected chi connectivity index (χ1v) is 9.66. The molecule has 0 unspecified atom stereocenters. The summed E-state index contributed by atoms with van der Waals surface area (Å²) in [6.07, 6.45) is -1.04. The van der Waals surface area contributed by atoms with Crippen LogP contribution in [0.5, 0.6) is 5.75 Å². The fourth-order valence-corrected chi connectivity index (χ4v) is 2.49. The zero-order valence-electron chi connectivity index (χ0n) is 18.1. The topological polar surface area (TPSA) is 114 Å². The number of hydrogen-bond donors (Lipinski definition) is 1. The second-order valence-electron chi connectivity index (χ2n) is 7.62. The molecular formula is C22H27N3O5. The van der Waals surface area contributed by atoms with Crippen LogP contribution in [0.1, 0.15) is 55.1 Å². The number of aromatic nitrogens is 1. The Labute approximate surface area is 176 Å². The molecule has 0 fully saturated rings. The Morgan fingerprint density at radius 3 is 2.37 bits per heavy atom. The number of aryl methyl sites for hydroxylation is 2. The average Bonchev–Trinajstić information content (AvgIpc) is 3.03. The summed E-state index contributed by atoms with van der Waals surface area (Å²) >= 11 is 0. The summed E-state index contributed by atoms with van der Waals surface area (Å²) in [6.45, 7) is 10.7. The molecule has 160 valence electrons. The van der Waals surface area contributed by atoms with E-state index < -0.39 is 23.5 Å². The number of carbonyl (C=O) groups excluding carboxylic acids is 2. The van der Waals surface area contributed by atoms with Gasteiger partial charge >= 0.3 is 5.97 Å². The molecule has 30 heavy (non-hydrogen) atoms. The lowest BCUT2D eigenvalue weighted by molar-refractivity contribution is -0.130. The molecule has 0 aliphatic heterocycles. The molecule has 2 rings (SSSR count). The van der Waals surface area contributed by atoms with E-state index in [1.165, 1.54) is 6.92 Å². The molecule has 8 nitrogen and oxygen atoms in total. The number of nitrogens with zero attached hydrogens (tertiary/aromatic N) is 2. The fourth-order valence-electron chi connectivity index (χ4n) is 2.49. The monoisotopic (exact) mass is 413 g/mol. The van der Waals surface area contributed by atoms with E-state index in [1.807, 2.05) is 27.7 Å². The van der Waals surface area contributed by atoms with Gasteiger partial charge in [-0.05, 0) is 57.9 Å². The summed E-state index contributed by atoms with van der Waals surface area (Å²) < 4.78 is 16.0. The van der Waals surface area contributed by atoms with E-state index in [2.05, 4.69) is 16.5 Å². The van der Waals surface area contributed by atoms with Crippen LogP contribution >= 0.6 is 0 Å². The van der Waals surface area contributed by atoms with Gasteiger partial charge in [-0.1, -0.05) is 19.0 Å². The maximum Gasteiger partial charge on any atom is 0.338 e. The molecule has 0 saturated heterocycles. The number of nitriles is 1. The highest BCUT2D eigenvalue weighted by Gasteiger charge is 2.32. The van der Waals surface area contributed by atoms with Crippen molar-refractivity contribution in [2.45, 2.75) is 59.8 Å². The Morgan fingerprint density at radius 1 is 1.23 bits per heavy atom. The van der Waals surface area contributed by atoms with Crippen LogP contribution in [0, 0.1) is 31.1 Å². The quantitative estimate of drug-likeness (QED) is 0.659. The van der Waals surface area contributed by atoms with Gasteiger partial charge in [0, 0.05) is 0 Å². The van der Waals surface area contributed by atoms with Crippen molar-refractivity contribution >= 4 is 11.9 Å². The van der Waals surface area contributed by atoms with Gasteiger partial charge < -0.3 is 19.3 Å². The lowest BCUT2D eigenvalue weighted by Gasteiger charge is -2.28. The third kappa shape index (κ3) is 5.38. The minimum atomic E-state index is -1.04. The minimum absolute atomic E-state index is 0.104. The van der Waals surface area contributed by atoms with Gasteiger partial charge in [0.2, 0.25) is 0 Å². The number of carbonyl (C=O) groups is 2. The highest BCUT2D eigenvalue weighted by atomic mass is 16.5. The van der Waals surface area contributed by atoms with Crippen LogP contribution in [-0.4, -0.2) is 28.7 Å². The molecule has 0 aliphatic carbocycles. The van der Waals surface area contributed by atoms with Gasteiger partial charge in [0.05, 0.1) is 22.9 Å². The number of hydrogen-bond acceptors (Lipinski definition) is 7. The molecular weight excluding hydrogens is 386 g/mol. The lowest BCUT2D eigenvalue weighted by atomic mass is 9.90. The predicted molar refractivity (Wildman–Crippen MR) is 109 cm³/mol. The van der Waals surface area contributed by atoms with Crippen LogP contribution in [-0.2, 0) is 16.1 Å². The number of amides is 1. The first-order chi connectivity index (χ1) is 14.1. The average molecular weight is 413 g/mol. The molecule has 0 saturated carbocycles. The Balaban J connectivity index is 1.94. The van der Waals surface area contributed by atoms with Gasteiger partial charge in [-0.2, -0.15) is 5.26 Å². The molecule has 2 aromatic rings. The number of esters is 1. The van der Waals surface area contributed by atoms with Gasteiger partial charge in [-0.3, -0.25) is 4.79 Å². The molecule has 1 aromatic heterocycles. The van der Waals surface area contributed by atoms with Crippen LogP contribution < -0.4 is 10.1 Å². The van der Waals surface area contributed by atoms with Gasteiger partial charge in [0.15, 0.2) is 6.10 Å². The lowest BCUT2D eigenvalue weighted by Crippen LogP contribution is -2.52. The van der Waals surface area contributed by atoms with Crippen LogP contribution in [0.3, 0.4) is 0 Å². The van der Waals surface area contributed by atoms with Crippen molar-refractivity contribution in [2.75, 3.05) is 0 Å². The van der Waals surface area contributed by atoms with E-state index in [0.29, 0.717) is 18.1 Å². The third-order valence-corrected chi connectivity index (χ3v) is 5.08. The van der Waals surface area contributed by atoms with Crippen molar-refractivity contribution in [3.05, 3.63) is 46.8 Å². The fraction of sp³-hybridized carbons (Fsp3) is 0.455. The van der Waals surface area contributed by atoms with Crippen LogP contribution in [0.4, 0.5) is 0 Å². The molecule has 0 spiro atoms. The molecule has 0 radical (unpaired) electrons. The number of ether oxygens (including phenoxy) is 2. The van der Waals surface area contributed by atoms with E-state index in [1.54, 1.807) is 31.2 Å². The Kier molecular flexibility index (Phi) is 7.22. The van der Waals surface area contributed by atoms with Crippen molar-refractivity contribution in [2.24, 2.45) is 5.92 Å². The Hall–Kier alpha value is -3.34. The molecule has 8 heteroatoms. The SMILES string of the molecule is Cc1noc(C)c1COc1ccc(C(=O)O[C@@H](C)C(=O)N[C@@](C)(C#N)C(C)C)cc1. The molecule has 1 amide bonds. The summed E-state index contributed by atoms with van der Waals surface area (Å²) in [5.74, 6) is -0.00469. The zero-order valence-corrected chi connectivity index (χ0v) is 18.1. The van der Waals surface area contributed by atoms with Crippen LogP contribution in [0.15, 0.2) is 28.8 Å². The summed E-state index contributed by atoms with van der Waals surface area (Å²) in [5.41, 5.74) is 0.887. The Morgan fingerprint density at radius 2 is 1.87 bits per heavy atom. The summed E-state index contributed by atoms with van der Waals surface area (Å²) in [4.78, 5) is 24.7. The maximum absolute atomic E-state index is 12.3. The normalized spacial score (nSPS) is 13.8. The maximum atomic E-state index is 12.3. The third-order valence-electron chi connectivity index (χ3n) is 5.08. The molecule has 1 aromatic carbocycles. The highest BCUT2D eigenvalue weighted by Crippen LogP contribution is 2.19. The Bertz CT molecular complexity index is 923. The van der Waals surface area contributed by atoms with Gasteiger partial charge in [-0.15, -0.1) is 0 Å². The van der Waals surface area contributed by atoms with Crippen LogP contribution in [0.2, 0.25) is 0 Å². The standard InChI is InChI=1S/C22H27N3O5/c1-13(2)22(6,12-23)24-20(26)16(5)29-21(27)17-7-9-18(10-8-17)28-11-19-14(3)25-30-15(19)4/h7-10,13,16H,11H2,1-6H3,(H,24,26)/t16-,22-/m0/s1. The number of nitrogens with one attached hydrogen (secondary N) is 1. The summed E-state index contributed by atoms with van der Waals surface area (Å²) in [7, 11) is 0. The zero-order chi connectivity index (χ0) is 22.5. The minimum Gasteiger partial charge on any atom is -0.489 e. The first kappa shape index (κ1) is 22.9. The molecule has 2 atom stereocenters. The van der Waals surface area contributed by atoms with Crippen molar-refractivity contribution in [3.63, 3.8) is 0 Å². The molecule has 0 bridgehead atoms. The van der Waals surface area contributed by atoms with Gasteiger partial charge in [0.1, 0.15) is 23.7 Å². The first-order valence-electron chi connectivity index (χ1n) is 9.66. The van der Waals surface area contributed by atoms with E-state index in [4.69, 9.17) is 14.0 Å². The summed E-state index contributed by atoms with van der Waals surface area (Å²) in [6, 6.07) is 8.49. The van der Waals surface area contributed by atoms with Gasteiger partial charge in [0.25, 0.3) is 5.91 Å².